The molecule has 0 aliphatic rings. The number of ether oxygens (including phenoxy) is 4. The predicted octanol–water partition coefficient (Wildman–Crippen LogP) is 5.96. The standard InChI is InChI=1S/C30H47NO9/c1-6-8-10-12-26(32)39-24-15-14-23(18-25(24)40-27(33)13-11-9-7-2)20-30(31,28(34)35)19-22(5)38-29(36)37-17-16-21(3)4/h14-15,18,21-22H,6-13,16-17,19-20,31H2,1-5H3,(H,34,35)/t22-,30?/m0/s1. The second-order valence-electron chi connectivity index (χ2n) is 10.7. The van der Waals surface area contributed by atoms with Crippen LogP contribution < -0.4 is 15.2 Å². The number of rotatable bonds is 19. The third kappa shape index (κ3) is 13.8. The van der Waals surface area contributed by atoms with Crippen LogP contribution in [0.5, 0.6) is 11.5 Å². The van der Waals surface area contributed by atoms with Crippen molar-refractivity contribution in [2.24, 2.45) is 11.7 Å². The minimum atomic E-state index is -1.81. The molecular weight excluding hydrogens is 518 g/mol. The smallest absolute Gasteiger partial charge is 0.480 e. The molecular formula is C30H47NO9. The maximum atomic E-state index is 12.5. The van der Waals surface area contributed by atoms with Crippen molar-refractivity contribution in [3.8, 4) is 11.5 Å². The molecule has 0 aliphatic carbocycles. The number of nitrogens with two attached hydrogens (primary N) is 1. The van der Waals surface area contributed by atoms with Crippen LogP contribution in [0.15, 0.2) is 18.2 Å². The van der Waals surface area contributed by atoms with Crippen LogP contribution in [0.25, 0.3) is 0 Å². The van der Waals surface area contributed by atoms with E-state index in [1.807, 2.05) is 27.7 Å². The summed E-state index contributed by atoms with van der Waals surface area (Å²) in [5, 5.41) is 9.94. The summed E-state index contributed by atoms with van der Waals surface area (Å²) in [7, 11) is 0. The number of carbonyl (C=O) groups excluding carboxylic acids is 3. The van der Waals surface area contributed by atoms with Crippen LogP contribution in [0, 0.1) is 5.92 Å². The van der Waals surface area contributed by atoms with Crippen LogP contribution in [0.3, 0.4) is 0 Å². The molecule has 0 saturated carbocycles. The Bertz CT molecular complexity index is 962. The van der Waals surface area contributed by atoms with E-state index in [4.69, 9.17) is 24.7 Å². The van der Waals surface area contributed by atoms with Crippen LogP contribution in [0.4, 0.5) is 4.79 Å². The first-order chi connectivity index (χ1) is 18.9. The summed E-state index contributed by atoms with van der Waals surface area (Å²) in [4.78, 5) is 49.0. The minimum absolute atomic E-state index is 0.0219. The number of carboxylic acid groups (broad SMARTS) is 1. The number of hydrogen-bond donors (Lipinski definition) is 2. The summed E-state index contributed by atoms with van der Waals surface area (Å²) in [6.45, 7) is 9.78. The molecule has 226 valence electrons. The quantitative estimate of drug-likeness (QED) is 0.117. The van der Waals surface area contributed by atoms with Crippen molar-refractivity contribution in [3.05, 3.63) is 23.8 Å². The maximum Gasteiger partial charge on any atom is 0.508 e. The second-order valence-corrected chi connectivity index (χ2v) is 10.7. The number of hydrogen-bond acceptors (Lipinski definition) is 9. The van der Waals surface area contributed by atoms with Gasteiger partial charge in [-0.05, 0) is 49.8 Å². The highest BCUT2D eigenvalue weighted by molar-refractivity contribution is 5.79. The summed E-state index contributed by atoms with van der Waals surface area (Å²) in [5.41, 5.74) is 4.92. The Kier molecular flexibility index (Phi) is 15.9. The summed E-state index contributed by atoms with van der Waals surface area (Å²) < 4.78 is 21.3. The van der Waals surface area contributed by atoms with E-state index in [0.29, 0.717) is 30.7 Å². The topological polar surface area (TPSA) is 151 Å². The van der Waals surface area contributed by atoms with Gasteiger partial charge in [-0.3, -0.25) is 14.4 Å². The first-order valence-electron chi connectivity index (χ1n) is 14.3. The zero-order valence-electron chi connectivity index (χ0n) is 24.7. The van der Waals surface area contributed by atoms with Crippen molar-refractivity contribution in [2.45, 2.75) is 117 Å². The number of unbranched alkanes of at least 4 members (excludes halogenated alkanes) is 4. The molecule has 0 fully saturated rings. The lowest BCUT2D eigenvalue weighted by atomic mass is 9.86. The summed E-state index contributed by atoms with van der Waals surface area (Å²) in [6, 6.07) is 4.50. The van der Waals surface area contributed by atoms with E-state index in [-0.39, 0.29) is 43.8 Å². The lowest BCUT2D eigenvalue weighted by Gasteiger charge is -2.28. The van der Waals surface area contributed by atoms with Gasteiger partial charge in [-0.15, -0.1) is 0 Å². The molecule has 10 heteroatoms. The lowest BCUT2D eigenvalue weighted by Crippen LogP contribution is -2.52. The van der Waals surface area contributed by atoms with Crippen molar-refractivity contribution in [3.63, 3.8) is 0 Å². The van der Waals surface area contributed by atoms with E-state index in [9.17, 15) is 24.3 Å². The Labute approximate surface area is 237 Å². The molecule has 1 aromatic rings. The molecule has 40 heavy (non-hydrogen) atoms. The van der Waals surface area contributed by atoms with Crippen molar-refractivity contribution < 1.29 is 43.2 Å². The molecule has 3 N–H and O–H groups in total. The van der Waals surface area contributed by atoms with Crippen LogP contribution in [-0.4, -0.2) is 47.4 Å². The fraction of sp³-hybridized carbons (Fsp3) is 0.667. The van der Waals surface area contributed by atoms with Gasteiger partial charge >= 0.3 is 24.1 Å². The third-order valence-corrected chi connectivity index (χ3v) is 6.23. The summed E-state index contributed by atoms with van der Waals surface area (Å²) in [5.74, 6) is -1.77. The minimum Gasteiger partial charge on any atom is -0.480 e. The SMILES string of the molecule is CCCCCC(=O)Oc1ccc(CC(N)(C[C@H](C)OC(=O)OCCC(C)C)C(=O)O)cc1OC(=O)CCCCC. The molecule has 2 atom stereocenters. The van der Waals surface area contributed by atoms with Gasteiger partial charge in [0, 0.05) is 25.7 Å². The van der Waals surface area contributed by atoms with Gasteiger partial charge in [0.2, 0.25) is 0 Å². The molecule has 0 aromatic heterocycles. The first-order valence-corrected chi connectivity index (χ1v) is 14.3. The van der Waals surface area contributed by atoms with Crippen LogP contribution >= 0.6 is 0 Å². The molecule has 0 amide bonds. The highest BCUT2D eigenvalue weighted by Gasteiger charge is 2.37. The number of carboxylic acids is 1. The molecule has 0 saturated heterocycles. The third-order valence-electron chi connectivity index (χ3n) is 6.23. The van der Waals surface area contributed by atoms with E-state index in [2.05, 4.69) is 0 Å². The van der Waals surface area contributed by atoms with Crippen molar-refractivity contribution in [1.29, 1.82) is 0 Å². The molecule has 0 heterocycles. The number of carbonyl (C=O) groups is 4. The zero-order chi connectivity index (χ0) is 30.1. The van der Waals surface area contributed by atoms with E-state index >= 15 is 0 Å². The number of esters is 2. The second kappa shape index (κ2) is 18.3. The molecule has 0 aliphatic heterocycles. The molecule has 1 aromatic carbocycles. The van der Waals surface area contributed by atoms with Gasteiger partial charge < -0.3 is 29.8 Å². The highest BCUT2D eigenvalue weighted by atomic mass is 16.7. The van der Waals surface area contributed by atoms with Crippen molar-refractivity contribution >= 4 is 24.1 Å². The average molecular weight is 566 g/mol. The molecule has 10 nitrogen and oxygen atoms in total. The Morgan fingerprint density at radius 1 is 0.900 bits per heavy atom. The van der Waals surface area contributed by atoms with Gasteiger partial charge in [-0.1, -0.05) is 59.4 Å². The molecule has 0 radical (unpaired) electrons. The van der Waals surface area contributed by atoms with Gasteiger partial charge in [0.05, 0.1) is 6.61 Å². The number of aliphatic carboxylic acids is 1. The summed E-state index contributed by atoms with van der Waals surface area (Å²) in [6.07, 6.45) is 4.00. The van der Waals surface area contributed by atoms with E-state index in [0.717, 1.165) is 25.7 Å². The molecule has 1 rings (SSSR count). The van der Waals surface area contributed by atoms with Gasteiger partial charge in [-0.2, -0.15) is 0 Å². The molecule has 0 spiro atoms. The first kappa shape index (κ1) is 34.9. The van der Waals surface area contributed by atoms with Crippen molar-refractivity contribution in [1.82, 2.24) is 0 Å². The number of benzene rings is 1. The normalized spacial score (nSPS) is 13.3. The molecule has 1 unspecified atom stereocenters. The largest absolute Gasteiger partial charge is 0.508 e. The Morgan fingerprint density at radius 3 is 2.00 bits per heavy atom. The van der Waals surface area contributed by atoms with Gasteiger partial charge in [0.1, 0.15) is 11.6 Å². The van der Waals surface area contributed by atoms with Gasteiger partial charge in [-0.25, -0.2) is 4.79 Å². The lowest BCUT2D eigenvalue weighted by molar-refractivity contribution is -0.144. The Morgan fingerprint density at radius 2 is 1.48 bits per heavy atom. The van der Waals surface area contributed by atoms with E-state index in [1.54, 1.807) is 13.0 Å². The zero-order valence-corrected chi connectivity index (χ0v) is 24.7. The molecule has 0 bridgehead atoms. The fourth-order valence-corrected chi connectivity index (χ4v) is 3.94. The highest BCUT2D eigenvalue weighted by Crippen LogP contribution is 2.32. The summed E-state index contributed by atoms with van der Waals surface area (Å²) >= 11 is 0. The van der Waals surface area contributed by atoms with Crippen LogP contribution in [0.2, 0.25) is 0 Å². The average Bonchev–Trinajstić information content (AvgIpc) is 2.85. The van der Waals surface area contributed by atoms with Crippen LogP contribution in [-0.2, 0) is 30.3 Å². The maximum absolute atomic E-state index is 12.5. The Balaban J connectivity index is 3.05. The Hall–Kier alpha value is -3.14. The van der Waals surface area contributed by atoms with Gasteiger partial charge in [0.25, 0.3) is 0 Å². The predicted molar refractivity (Wildman–Crippen MR) is 150 cm³/mol. The monoisotopic (exact) mass is 565 g/mol. The van der Waals surface area contributed by atoms with Crippen molar-refractivity contribution in [2.75, 3.05) is 6.61 Å². The van der Waals surface area contributed by atoms with E-state index in [1.165, 1.54) is 12.1 Å². The van der Waals surface area contributed by atoms with Crippen LogP contribution in [0.1, 0.15) is 104 Å². The van der Waals surface area contributed by atoms with Gasteiger partial charge in [0.15, 0.2) is 11.5 Å². The van der Waals surface area contributed by atoms with E-state index < -0.39 is 35.7 Å². The fourth-order valence-electron chi connectivity index (χ4n) is 3.94.